The van der Waals surface area contributed by atoms with Gasteiger partial charge in [-0.2, -0.15) is 8.42 Å². The van der Waals surface area contributed by atoms with Crippen molar-refractivity contribution in [3.8, 4) is 51.0 Å². The number of rotatable bonds is 9. The minimum atomic E-state index is -3.90. The standard InChI is InChI=1S/C28H25FO7S/c1-33-25-16-22(19-10-7-11-21(29)14-19)28(34-2)27(30)26(25)20-12-13-23(24(15-20)36-37(3,31)32)35-17-18-8-5-4-6-9-18/h4-16,30H,17H2,1-3H3. The van der Waals surface area contributed by atoms with Gasteiger partial charge in [0.25, 0.3) is 0 Å². The summed E-state index contributed by atoms with van der Waals surface area (Å²) in [6, 6.07) is 21.4. The van der Waals surface area contributed by atoms with E-state index < -0.39 is 15.9 Å². The number of phenolic OH excluding ortho intramolecular Hbond substituents is 1. The third kappa shape index (κ3) is 5.95. The molecule has 0 spiro atoms. The summed E-state index contributed by atoms with van der Waals surface area (Å²) >= 11 is 0. The summed E-state index contributed by atoms with van der Waals surface area (Å²) < 4.78 is 60.0. The second-order valence-corrected chi connectivity index (χ2v) is 9.69. The van der Waals surface area contributed by atoms with Crippen molar-refractivity contribution in [3.05, 3.63) is 90.2 Å². The van der Waals surface area contributed by atoms with Gasteiger partial charge in [0, 0.05) is 5.56 Å². The Morgan fingerprint density at radius 3 is 2.22 bits per heavy atom. The van der Waals surface area contributed by atoms with Crippen LogP contribution in [0.2, 0.25) is 0 Å². The minimum absolute atomic E-state index is 0.0643. The zero-order chi connectivity index (χ0) is 26.6. The molecule has 0 unspecified atom stereocenters. The van der Waals surface area contributed by atoms with E-state index in [0.29, 0.717) is 16.7 Å². The Labute approximate surface area is 214 Å². The lowest BCUT2D eigenvalue weighted by atomic mass is 9.96. The lowest BCUT2D eigenvalue weighted by molar-refractivity contribution is 0.296. The van der Waals surface area contributed by atoms with Crippen molar-refractivity contribution in [3.63, 3.8) is 0 Å². The molecule has 0 bridgehead atoms. The molecule has 4 aromatic carbocycles. The largest absolute Gasteiger partial charge is 0.504 e. The molecule has 4 rings (SSSR count). The topological polar surface area (TPSA) is 91.3 Å². The van der Waals surface area contributed by atoms with Gasteiger partial charge in [0.1, 0.15) is 18.2 Å². The molecule has 0 aliphatic rings. The first-order valence-corrected chi connectivity index (χ1v) is 13.0. The smallest absolute Gasteiger partial charge is 0.306 e. The van der Waals surface area contributed by atoms with E-state index in [9.17, 15) is 17.9 Å². The fourth-order valence-electron chi connectivity index (χ4n) is 3.89. The molecular formula is C28H25FO7S. The lowest BCUT2D eigenvalue weighted by Crippen LogP contribution is -2.08. The van der Waals surface area contributed by atoms with Gasteiger partial charge in [-0.05, 0) is 47.0 Å². The van der Waals surface area contributed by atoms with Crippen molar-refractivity contribution >= 4 is 10.1 Å². The summed E-state index contributed by atoms with van der Waals surface area (Å²) in [6.45, 7) is 0.186. The maximum absolute atomic E-state index is 13.9. The second-order valence-electron chi connectivity index (χ2n) is 8.12. The molecule has 0 saturated heterocycles. The SMILES string of the molecule is COc1cc(-c2cccc(F)c2)c(OC)c(O)c1-c1ccc(OCc2ccccc2)c(OS(C)(=O)=O)c1. The van der Waals surface area contributed by atoms with Gasteiger partial charge in [-0.1, -0.05) is 48.5 Å². The van der Waals surface area contributed by atoms with Crippen LogP contribution >= 0.6 is 0 Å². The first kappa shape index (κ1) is 25.8. The van der Waals surface area contributed by atoms with Crippen molar-refractivity contribution in [1.29, 1.82) is 0 Å². The number of aromatic hydroxyl groups is 1. The molecule has 37 heavy (non-hydrogen) atoms. The van der Waals surface area contributed by atoms with Crippen molar-refractivity contribution in [1.82, 2.24) is 0 Å². The monoisotopic (exact) mass is 524 g/mol. The summed E-state index contributed by atoms with van der Waals surface area (Å²) in [4.78, 5) is 0. The maximum atomic E-state index is 13.9. The van der Waals surface area contributed by atoms with E-state index in [1.54, 1.807) is 30.3 Å². The summed E-state index contributed by atoms with van der Waals surface area (Å²) in [5, 5.41) is 11.2. The van der Waals surface area contributed by atoms with Crippen LogP contribution in [0.1, 0.15) is 5.56 Å². The summed E-state index contributed by atoms with van der Waals surface area (Å²) in [5.74, 6) is -0.247. The predicted molar refractivity (Wildman–Crippen MR) is 138 cm³/mol. The van der Waals surface area contributed by atoms with Gasteiger partial charge < -0.3 is 23.5 Å². The van der Waals surface area contributed by atoms with Crippen molar-refractivity contribution in [2.24, 2.45) is 0 Å². The summed E-state index contributed by atoms with van der Waals surface area (Å²) in [6.07, 6.45) is 0.926. The normalized spacial score (nSPS) is 11.1. The highest BCUT2D eigenvalue weighted by Crippen LogP contribution is 2.50. The second kappa shape index (κ2) is 10.8. The van der Waals surface area contributed by atoms with E-state index in [1.165, 1.54) is 32.4 Å². The Morgan fingerprint density at radius 1 is 0.811 bits per heavy atom. The Balaban J connectivity index is 1.82. The molecule has 0 saturated carbocycles. The fraction of sp³-hybridized carbons (Fsp3) is 0.143. The molecule has 0 aromatic heterocycles. The summed E-state index contributed by atoms with van der Waals surface area (Å²) in [7, 11) is -1.10. The molecule has 0 aliphatic heterocycles. The van der Waals surface area contributed by atoms with Gasteiger partial charge in [0.05, 0.1) is 26.0 Å². The average Bonchev–Trinajstić information content (AvgIpc) is 2.87. The Morgan fingerprint density at radius 2 is 1.57 bits per heavy atom. The molecule has 0 radical (unpaired) electrons. The molecule has 1 N–H and O–H groups in total. The maximum Gasteiger partial charge on any atom is 0.306 e. The predicted octanol–water partition coefficient (Wildman–Crippen LogP) is 5.80. The number of hydrogen-bond acceptors (Lipinski definition) is 7. The van der Waals surface area contributed by atoms with Crippen molar-refractivity contribution in [2.45, 2.75) is 6.61 Å². The Hall–Kier alpha value is -4.24. The first-order chi connectivity index (χ1) is 17.7. The van der Waals surface area contributed by atoms with E-state index in [2.05, 4.69) is 0 Å². The number of ether oxygens (including phenoxy) is 3. The number of halogens is 1. The molecule has 0 aliphatic carbocycles. The number of phenols is 1. The van der Waals surface area contributed by atoms with Gasteiger partial charge >= 0.3 is 10.1 Å². The van der Waals surface area contributed by atoms with Crippen LogP contribution in [0.4, 0.5) is 4.39 Å². The number of benzene rings is 4. The molecule has 0 fully saturated rings. The van der Waals surface area contributed by atoms with Crippen LogP contribution < -0.4 is 18.4 Å². The number of methoxy groups -OCH3 is 2. The molecular weight excluding hydrogens is 499 g/mol. The molecule has 9 heteroatoms. The molecule has 7 nitrogen and oxygen atoms in total. The molecule has 0 amide bonds. The van der Waals surface area contributed by atoms with Gasteiger partial charge in [-0.3, -0.25) is 0 Å². The third-order valence-corrected chi connectivity index (χ3v) is 5.97. The quantitative estimate of drug-likeness (QED) is 0.277. The zero-order valence-corrected chi connectivity index (χ0v) is 21.2. The van der Waals surface area contributed by atoms with Gasteiger partial charge in [-0.25, -0.2) is 4.39 Å². The highest BCUT2D eigenvalue weighted by atomic mass is 32.2. The third-order valence-electron chi connectivity index (χ3n) is 5.49. The van der Waals surface area contributed by atoms with Crippen LogP contribution in [-0.2, 0) is 16.7 Å². The Bertz CT molecular complexity index is 1520. The molecule has 4 aromatic rings. The zero-order valence-electron chi connectivity index (χ0n) is 20.4. The van der Waals surface area contributed by atoms with Crippen LogP contribution in [0.5, 0.6) is 28.7 Å². The van der Waals surface area contributed by atoms with Crippen LogP contribution in [0.25, 0.3) is 22.3 Å². The van der Waals surface area contributed by atoms with E-state index in [1.807, 2.05) is 30.3 Å². The Kier molecular flexibility index (Phi) is 7.54. The van der Waals surface area contributed by atoms with Gasteiger partial charge in [-0.15, -0.1) is 0 Å². The lowest BCUT2D eigenvalue weighted by Gasteiger charge is -2.19. The van der Waals surface area contributed by atoms with Crippen molar-refractivity contribution < 1.29 is 36.3 Å². The van der Waals surface area contributed by atoms with Crippen LogP contribution in [0.3, 0.4) is 0 Å². The molecule has 0 heterocycles. The van der Waals surface area contributed by atoms with E-state index >= 15 is 0 Å². The molecule has 0 atom stereocenters. The first-order valence-electron chi connectivity index (χ1n) is 11.1. The van der Waals surface area contributed by atoms with Crippen LogP contribution in [-0.4, -0.2) is 34.0 Å². The van der Waals surface area contributed by atoms with E-state index in [0.717, 1.165) is 11.8 Å². The van der Waals surface area contributed by atoms with Crippen molar-refractivity contribution in [2.75, 3.05) is 20.5 Å². The van der Waals surface area contributed by atoms with E-state index in [4.69, 9.17) is 18.4 Å². The van der Waals surface area contributed by atoms with E-state index in [-0.39, 0.29) is 40.9 Å². The fourth-order valence-corrected chi connectivity index (χ4v) is 4.35. The minimum Gasteiger partial charge on any atom is -0.504 e. The van der Waals surface area contributed by atoms with Gasteiger partial charge in [0.2, 0.25) is 0 Å². The highest BCUT2D eigenvalue weighted by molar-refractivity contribution is 7.86. The average molecular weight is 525 g/mol. The van der Waals surface area contributed by atoms with Crippen LogP contribution in [0, 0.1) is 5.82 Å². The van der Waals surface area contributed by atoms with Crippen LogP contribution in [0.15, 0.2) is 78.9 Å². The van der Waals surface area contributed by atoms with Gasteiger partial charge in [0.15, 0.2) is 23.0 Å². The highest BCUT2D eigenvalue weighted by Gasteiger charge is 2.23. The molecule has 192 valence electrons. The number of hydrogen-bond donors (Lipinski definition) is 1. The summed E-state index contributed by atoms with van der Waals surface area (Å²) in [5.41, 5.74) is 2.38.